The van der Waals surface area contributed by atoms with Crippen LogP contribution in [-0.4, -0.2) is 27.2 Å². The second-order valence-corrected chi connectivity index (χ2v) is 6.43. The van der Waals surface area contributed by atoms with Crippen LogP contribution in [0.5, 0.6) is 0 Å². The van der Waals surface area contributed by atoms with Gasteiger partial charge in [-0.05, 0) is 32.6 Å². The summed E-state index contributed by atoms with van der Waals surface area (Å²) in [6, 6.07) is 0.0780. The zero-order chi connectivity index (χ0) is 14.1. The number of aliphatic hydroxyl groups is 1. The molecule has 110 valence electrons. The smallest absolute Gasteiger partial charge is 0.137 e. The van der Waals surface area contributed by atoms with Crippen molar-refractivity contribution in [3.05, 3.63) is 16.5 Å². The van der Waals surface area contributed by atoms with Gasteiger partial charge < -0.3 is 10.4 Å². The summed E-state index contributed by atoms with van der Waals surface area (Å²) in [5.41, 5.74) is 0.882. The molecule has 2 aliphatic carbocycles. The van der Waals surface area contributed by atoms with Gasteiger partial charge in [0, 0.05) is 11.5 Å². The van der Waals surface area contributed by atoms with E-state index in [0.717, 1.165) is 55.7 Å². The summed E-state index contributed by atoms with van der Waals surface area (Å²) in [6.07, 6.45) is 7.33. The Hall–Kier alpha value is -0.870. The third kappa shape index (κ3) is 3.07. The van der Waals surface area contributed by atoms with Gasteiger partial charge >= 0.3 is 0 Å². The predicted molar refractivity (Wildman–Crippen MR) is 80.3 cm³/mol. The summed E-state index contributed by atoms with van der Waals surface area (Å²) < 4.78 is 0. The summed E-state index contributed by atoms with van der Waals surface area (Å²) >= 11 is 6.22. The molecule has 3 rings (SSSR count). The van der Waals surface area contributed by atoms with Crippen molar-refractivity contribution in [2.45, 2.75) is 69.9 Å². The first kappa shape index (κ1) is 14.1. The first-order valence-electron chi connectivity index (χ1n) is 7.64. The van der Waals surface area contributed by atoms with E-state index >= 15 is 0 Å². The lowest BCUT2D eigenvalue weighted by molar-refractivity contribution is 0.144. The highest BCUT2D eigenvalue weighted by Crippen LogP contribution is 2.39. The minimum Gasteiger partial charge on any atom is -0.391 e. The first-order valence-corrected chi connectivity index (χ1v) is 8.01. The molecule has 2 aliphatic rings. The van der Waals surface area contributed by atoms with Gasteiger partial charge in [-0.2, -0.15) is 0 Å². The number of hydrogen-bond acceptors (Lipinski definition) is 4. The number of rotatable bonds is 3. The van der Waals surface area contributed by atoms with E-state index in [1.54, 1.807) is 0 Å². The maximum atomic E-state index is 10.2. The molecule has 2 atom stereocenters. The second kappa shape index (κ2) is 5.86. The van der Waals surface area contributed by atoms with Gasteiger partial charge in [0.25, 0.3) is 0 Å². The van der Waals surface area contributed by atoms with Gasteiger partial charge in [-0.1, -0.05) is 30.9 Å². The van der Waals surface area contributed by atoms with Crippen molar-refractivity contribution in [3.8, 4) is 0 Å². The molecule has 1 heterocycles. The van der Waals surface area contributed by atoms with Gasteiger partial charge in [0.05, 0.1) is 12.1 Å². The zero-order valence-electron chi connectivity index (χ0n) is 11.9. The van der Waals surface area contributed by atoms with E-state index in [1.807, 2.05) is 6.92 Å². The number of hydrogen-bond donors (Lipinski definition) is 2. The molecule has 5 heteroatoms. The summed E-state index contributed by atoms with van der Waals surface area (Å²) in [5.74, 6) is 2.14. The monoisotopic (exact) mass is 295 g/mol. The van der Waals surface area contributed by atoms with Gasteiger partial charge in [0.2, 0.25) is 0 Å². The molecule has 1 aromatic rings. The lowest BCUT2D eigenvalue weighted by Gasteiger charge is -2.23. The Bertz CT molecular complexity index is 490. The van der Waals surface area contributed by atoms with Gasteiger partial charge in [-0.15, -0.1) is 0 Å². The minimum absolute atomic E-state index is 0.0780. The molecule has 0 amide bonds. The molecule has 2 N–H and O–H groups in total. The van der Waals surface area contributed by atoms with E-state index in [9.17, 15) is 5.11 Å². The molecule has 2 fully saturated rings. The van der Waals surface area contributed by atoms with Gasteiger partial charge in [0.1, 0.15) is 16.8 Å². The number of nitrogens with one attached hydrogen (secondary N) is 1. The molecular weight excluding hydrogens is 274 g/mol. The fraction of sp³-hybridized carbons (Fsp3) is 0.733. The van der Waals surface area contributed by atoms with Crippen LogP contribution in [0, 0.1) is 6.92 Å². The molecule has 20 heavy (non-hydrogen) atoms. The zero-order valence-corrected chi connectivity index (χ0v) is 12.7. The molecule has 0 spiro atoms. The topological polar surface area (TPSA) is 58.0 Å². The van der Waals surface area contributed by atoms with Crippen molar-refractivity contribution in [1.82, 2.24) is 9.97 Å². The highest BCUT2D eigenvalue weighted by atomic mass is 35.5. The molecule has 0 saturated heterocycles. The maximum Gasteiger partial charge on any atom is 0.137 e. The van der Waals surface area contributed by atoms with Crippen LogP contribution < -0.4 is 5.32 Å². The van der Waals surface area contributed by atoms with E-state index in [-0.39, 0.29) is 12.1 Å². The van der Waals surface area contributed by atoms with Crippen molar-refractivity contribution in [2.75, 3.05) is 5.32 Å². The Morgan fingerprint density at radius 3 is 2.60 bits per heavy atom. The van der Waals surface area contributed by atoms with Crippen LogP contribution in [0.25, 0.3) is 0 Å². The van der Waals surface area contributed by atoms with E-state index in [0.29, 0.717) is 11.1 Å². The van der Waals surface area contributed by atoms with Gasteiger partial charge in [-0.25, -0.2) is 9.97 Å². The third-order valence-corrected chi connectivity index (χ3v) is 4.72. The Morgan fingerprint density at radius 2 is 1.85 bits per heavy atom. The Labute approximate surface area is 125 Å². The molecule has 2 unspecified atom stereocenters. The molecule has 1 aromatic heterocycles. The van der Waals surface area contributed by atoms with Crippen LogP contribution in [0.1, 0.15) is 62.3 Å². The van der Waals surface area contributed by atoms with Crippen molar-refractivity contribution >= 4 is 17.4 Å². The SMILES string of the molecule is Cc1c(Cl)nc(C2CC2)nc1NC1CCCCCC1O. The second-order valence-electron chi connectivity index (χ2n) is 6.08. The average Bonchev–Trinajstić information content (AvgIpc) is 3.25. The van der Waals surface area contributed by atoms with E-state index in [4.69, 9.17) is 11.6 Å². The Kier molecular flexibility index (Phi) is 4.13. The van der Waals surface area contributed by atoms with E-state index in [1.165, 1.54) is 6.42 Å². The van der Waals surface area contributed by atoms with Crippen molar-refractivity contribution in [1.29, 1.82) is 0 Å². The highest BCUT2D eigenvalue weighted by Gasteiger charge is 2.29. The van der Waals surface area contributed by atoms with E-state index in [2.05, 4.69) is 15.3 Å². The largest absolute Gasteiger partial charge is 0.391 e. The van der Waals surface area contributed by atoms with Crippen molar-refractivity contribution in [3.63, 3.8) is 0 Å². The molecule has 0 radical (unpaired) electrons. The Balaban J connectivity index is 1.81. The fourth-order valence-corrected chi connectivity index (χ4v) is 2.98. The minimum atomic E-state index is -0.296. The van der Waals surface area contributed by atoms with Crippen LogP contribution in [0.4, 0.5) is 5.82 Å². The molecule has 4 nitrogen and oxygen atoms in total. The van der Waals surface area contributed by atoms with Crippen molar-refractivity contribution in [2.24, 2.45) is 0 Å². The normalized spacial score (nSPS) is 27.1. The van der Waals surface area contributed by atoms with Crippen LogP contribution in [0.3, 0.4) is 0 Å². The number of aliphatic hydroxyl groups excluding tert-OH is 1. The number of nitrogens with zero attached hydrogens (tertiary/aromatic N) is 2. The van der Waals surface area contributed by atoms with Crippen LogP contribution in [0.15, 0.2) is 0 Å². The molecule has 0 aromatic carbocycles. The maximum absolute atomic E-state index is 10.2. The van der Waals surface area contributed by atoms with Crippen LogP contribution in [-0.2, 0) is 0 Å². The number of aromatic nitrogens is 2. The summed E-state index contributed by atoms with van der Waals surface area (Å²) in [5, 5.41) is 14.2. The molecular formula is C15H22ClN3O. The summed E-state index contributed by atoms with van der Waals surface area (Å²) in [7, 11) is 0. The summed E-state index contributed by atoms with van der Waals surface area (Å²) in [4.78, 5) is 9.01. The number of anilines is 1. The molecule has 0 aliphatic heterocycles. The van der Waals surface area contributed by atoms with Crippen molar-refractivity contribution < 1.29 is 5.11 Å². The van der Waals surface area contributed by atoms with Gasteiger partial charge in [-0.3, -0.25) is 0 Å². The van der Waals surface area contributed by atoms with Gasteiger partial charge in [0.15, 0.2) is 0 Å². The quantitative estimate of drug-likeness (QED) is 0.663. The molecule has 2 saturated carbocycles. The summed E-state index contributed by atoms with van der Waals surface area (Å²) in [6.45, 7) is 1.93. The lowest BCUT2D eigenvalue weighted by atomic mass is 10.1. The molecule has 0 bridgehead atoms. The Morgan fingerprint density at radius 1 is 1.10 bits per heavy atom. The standard InChI is InChI=1S/C15H22ClN3O/c1-9-13(16)18-15(10-7-8-10)19-14(9)17-11-5-3-2-4-6-12(11)20/h10-12,20H,2-8H2,1H3,(H,17,18,19). The van der Waals surface area contributed by atoms with E-state index < -0.39 is 0 Å². The third-order valence-electron chi connectivity index (χ3n) is 4.35. The predicted octanol–water partition coefficient (Wildman–Crippen LogP) is 3.42. The van der Waals surface area contributed by atoms with Crippen LogP contribution >= 0.6 is 11.6 Å². The average molecular weight is 296 g/mol. The first-order chi connectivity index (χ1) is 9.65. The lowest BCUT2D eigenvalue weighted by Crippen LogP contribution is -2.33. The fourth-order valence-electron chi connectivity index (χ4n) is 2.80. The van der Waals surface area contributed by atoms with Crippen LogP contribution in [0.2, 0.25) is 5.15 Å². The highest BCUT2D eigenvalue weighted by molar-refractivity contribution is 6.30. The number of halogens is 1.